The summed E-state index contributed by atoms with van der Waals surface area (Å²) in [6, 6.07) is 19.8. The van der Waals surface area contributed by atoms with E-state index in [1.165, 1.54) is 0 Å². The summed E-state index contributed by atoms with van der Waals surface area (Å²) in [5.41, 5.74) is 1.48. The van der Waals surface area contributed by atoms with Gasteiger partial charge in [0.2, 0.25) is 5.55 Å². The maximum Gasteiger partial charge on any atom is 0.227 e. The third kappa shape index (κ3) is 2.33. The Labute approximate surface area is 111 Å². The van der Waals surface area contributed by atoms with Crippen LogP contribution in [0.4, 0.5) is 5.69 Å². The molecular weight excluding hydrogens is 234 g/mol. The van der Waals surface area contributed by atoms with Crippen LogP contribution < -0.4 is 5.55 Å². The van der Waals surface area contributed by atoms with E-state index < -0.39 is 0 Å². The van der Waals surface area contributed by atoms with Gasteiger partial charge in [-0.25, -0.2) is 4.99 Å². The van der Waals surface area contributed by atoms with Crippen molar-refractivity contribution in [1.82, 2.24) is 0 Å². The van der Waals surface area contributed by atoms with Crippen LogP contribution in [-0.4, -0.2) is 0 Å². The Balaban J connectivity index is 2.33. The third-order valence-electron chi connectivity index (χ3n) is 2.89. The fourth-order valence-electron chi connectivity index (χ4n) is 1.97. The lowest BCUT2D eigenvalue weighted by Gasteiger charge is -2.00. The second-order valence-corrected chi connectivity index (χ2v) is 4.19. The van der Waals surface area contributed by atoms with Crippen molar-refractivity contribution >= 4 is 22.5 Å². The van der Waals surface area contributed by atoms with Crippen molar-refractivity contribution in [2.45, 2.75) is 0 Å². The van der Waals surface area contributed by atoms with Gasteiger partial charge in [-0.15, -0.1) is 0 Å². The fraction of sp³-hybridized carbons (Fsp3) is 0. The number of fused-ring (bicyclic) bond motifs is 1. The van der Waals surface area contributed by atoms with Crippen molar-refractivity contribution < 1.29 is 4.42 Å². The number of hydrogen-bond donors (Lipinski definition) is 0. The summed E-state index contributed by atoms with van der Waals surface area (Å²) in [7, 11) is 0. The van der Waals surface area contributed by atoms with Gasteiger partial charge >= 0.3 is 0 Å². The maximum atomic E-state index is 5.76. The van der Waals surface area contributed by atoms with E-state index in [9.17, 15) is 0 Å². The number of benzene rings is 2. The summed E-state index contributed by atoms with van der Waals surface area (Å²) < 4.78 is 5.76. The molecule has 2 heteroatoms. The molecule has 0 amide bonds. The van der Waals surface area contributed by atoms with Crippen LogP contribution in [0.2, 0.25) is 0 Å². The van der Waals surface area contributed by atoms with Gasteiger partial charge in [-0.3, -0.25) is 0 Å². The zero-order valence-electron chi connectivity index (χ0n) is 10.4. The lowest BCUT2D eigenvalue weighted by molar-refractivity contribution is 0.496. The molecule has 1 heterocycles. The van der Waals surface area contributed by atoms with E-state index in [-0.39, 0.29) is 0 Å². The van der Waals surface area contributed by atoms with Gasteiger partial charge in [-0.2, -0.15) is 0 Å². The first-order chi connectivity index (χ1) is 9.36. The second-order valence-electron chi connectivity index (χ2n) is 4.19. The van der Waals surface area contributed by atoms with Gasteiger partial charge in [0.1, 0.15) is 5.76 Å². The summed E-state index contributed by atoms with van der Waals surface area (Å²) in [4.78, 5) is 4.56. The molecule has 0 atom stereocenters. The molecular formula is C17H13NO. The first kappa shape index (κ1) is 11.5. The monoisotopic (exact) mass is 247 g/mol. The van der Waals surface area contributed by atoms with Gasteiger partial charge in [0.05, 0.1) is 5.69 Å². The Morgan fingerprint density at radius 2 is 1.68 bits per heavy atom. The highest BCUT2D eigenvalue weighted by Crippen LogP contribution is 2.14. The molecule has 2 aromatic carbocycles. The Morgan fingerprint density at radius 3 is 2.47 bits per heavy atom. The summed E-state index contributed by atoms with van der Waals surface area (Å²) >= 11 is 0. The molecule has 92 valence electrons. The van der Waals surface area contributed by atoms with Crippen molar-refractivity contribution in [2.24, 2.45) is 4.99 Å². The molecule has 0 N–H and O–H groups in total. The molecule has 0 aliphatic heterocycles. The molecule has 3 rings (SSSR count). The van der Waals surface area contributed by atoms with E-state index in [1.807, 2.05) is 60.7 Å². The first-order valence-electron chi connectivity index (χ1n) is 6.12. The Morgan fingerprint density at radius 1 is 0.947 bits per heavy atom. The molecule has 19 heavy (non-hydrogen) atoms. The molecule has 2 nitrogen and oxygen atoms in total. The average molecular weight is 247 g/mol. The van der Waals surface area contributed by atoms with Crippen LogP contribution >= 0.6 is 0 Å². The molecule has 0 fully saturated rings. The molecule has 0 aliphatic carbocycles. The Bertz CT molecular complexity index is 785. The zero-order valence-corrected chi connectivity index (χ0v) is 10.4. The van der Waals surface area contributed by atoms with Gasteiger partial charge in [0, 0.05) is 5.39 Å². The van der Waals surface area contributed by atoms with E-state index in [4.69, 9.17) is 4.42 Å². The molecule has 0 saturated carbocycles. The summed E-state index contributed by atoms with van der Waals surface area (Å²) in [5.74, 6) is 0.716. The molecule has 0 unspecified atom stereocenters. The quantitative estimate of drug-likeness (QED) is 0.662. The van der Waals surface area contributed by atoms with Crippen molar-refractivity contribution in [1.29, 1.82) is 0 Å². The average Bonchev–Trinajstić information content (AvgIpc) is 2.48. The highest BCUT2D eigenvalue weighted by Gasteiger charge is 2.00. The minimum atomic E-state index is 0.610. The smallest absolute Gasteiger partial charge is 0.227 e. The molecule has 1 aromatic heterocycles. The van der Waals surface area contributed by atoms with Crippen LogP contribution in [0, 0.1) is 0 Å². The normalized spacial score (nSPS) is 11.7. The van der Waals surface area contributed by atoms with Crippen LogP contribution in [0.3, 0.4) is 0 Å². The number of hydrogen-bond acceptors (Lipinski definition) is 2. The van der Waals surface area contributed by atoms with Gasteiger partial charge in [0.25, 0.3) is 0 Å². The first-order valence-corrected chi connectivity index (χ1v) is 6.12. The molecule has 0 aliphatic rings. The molecule has 0 spiro atoms. The second kappa shape index (κ2) is 4.94. The third-order valence-corrected chi connectivity index (χ3v) is 2.89. The van der Waals surface area contributed by atoms with Crippen LogP contribution in [0.1, 0.15) is 5.76 Å². The lowest BCUT2D eigenvalue weighted by Crippen LogP contribution is -2.02. The number of para-hydroxylation sites is 1. The Hall–Kier alpha value is -2.61. The maximum absolute atomic E-state index is 5.76. The summed E-state index contributed by atoms with van der Waals surface area (Å²) in [6.07, 6.45) is 1.69. The van der Waals surface area contributed by atoms with Crippen LogP contribution in [-0.2, 0) is 0 Å². The van der Waals surface area contributed by atoms with E-state index in [0.29, 0.717) is 11.3 Å². The lowest BCUT2D eigenvalue weighted by atomic mass is 10.1. The van der Waals surface area contributed by atoms with Crippen molar-refractivity contribution in [3.05, 3.63) is 78.6 Å². The van der Waals surface area contributed by atoms with Gasteiger partial charge in [-0.05, 0) is 35.7 Å². The Kier molecular flexibility index (Phi) is 2.99. The van der Waals surface area contributed by atoms with Crippen LogP contribution in [0.5, 0.6) is 0 Å². The van der Waals surface area contributed by atoms with Gasteiger partial charge in [0.15, 0.2) is 0 Å². The minimum absolute atomic E-state index is 0.610. The van der Waals surface area contributed by atoms with Crippen molar-refractivity contribution in [3.8, 4) is 0 Å². The SMILES string of the molecule is C=Cc1cc2ccccc2c(=Nc2ccccc2)o1. The summed E-state index contributed by atoms with van der Waals surface area (Å²) in [5, 5.41) is 2.09. The van der Waals surface area contributed by atoms with E-state index in [2.05, 4.69) is 11.6 Å². The minimum Gasteiger partial charge on any atom is -0.438 e. The van der Waals surface area contributed by atoms with Gasteiger partial charge < -0.3 is 4.42 Å². The predicted molar refractivity (Wildman–Crippen MR) is 78.0 cm³/mol. The highest BCUT2D eigenvalue weighted by atomic mass is 16.3. The van der Waals surface area contributed by atoms with E-state index >= 15 is 0 Å². The van der Waals surface area contributed by atoms with Crippen LogP contribution in [0.25, 0.3) is 16.8 Å². The largest absolute Gasteiger partial charge is 0.438 e. The zero-order chi connectivity index (χ0) is 13.1. The molecule has 0 saturated heterocycles. The number of rotatable bonds is 2. The molecule has 0 radical (unpaired) electrons. The highest BCUT2D eigenvalue weighted by molar-refractivity contribution is 5.82. The van der Waals surface area contributed by atoms with E-state index in [1.54, 1.807) is 6.08 Å². The van der Waals surface area contributed by atoms with Crippen molar-refractivity contribution in [3.63, 3.8) is 0 Å². The molecule has 0 bridgehead atoms. The van der Waals surface area contributed by atoms with Gasteiger partial charge in [-0.1, -0.05) is 43.0 Å². The fourth-order valence-corrected chi connectivity index (χ4v) is 1.97. The van der Waals surface area contributed by atoms with Crippen LogP contribution in [0.15, 0.2) is 76.7 Å². The topological polar surface area (TPSA) is 25.5 Å². The summed E-state index contributed by atoms with van der Waals surface area (Å²) in [6.45, 7) is 3.75. The molecule has 3 aromatic rings. The van der Waals surface area contributed by atoms with Crippen molar-refractivity contribution in [2.75, 3.05) is 0 Å². The standard InChI is InChI=1S/C17H13NO/c1-2-15-12-13-8-6-7-11-16(13)17(19-15)18-14-9-4-3-5-10-14/h2-12H,1H2. The number of nitrogens with zero attached hydrogens (tertiary/aromatic N) is 1. The van der Waals surface area contributed by atoms with E-state index in [0.717, 1.165) is 16.5 Å². The predicted octanol–water partition coefficient (Wildman–Crippen LogP) is 4.31.